The Hall–Kier alpha value is -1.35. The molecule has 1 unspecified atom stereocenters. The molecule has 1 atom stereocenters. The number of benzene rings is 1. The van der Waals surface area contributed by atoms with Crippen LogP contribution >= 0.6 is 0 Å². The van der Waals surface area contributed by atoms with Crippen LogP contribution in [0.4, 0.5) is 0 Å². The Morgan fingerprint density at radius 1 is 1.26 bits per heavy atom. The summed E-state index contributed by atoms with van der Waals surface area (Å²) in [6, 6.07) is 7.38. The zero-order chi connectivity index (χ0) is 14.0. The average Bonchev–Trinajstić information content (AvgIpc) is 2.38. The van der Waals surface area contributed by atoms with E-state index in [1.807, 2.05) is 12.1 Å². The highest BCUT2D eigenvalue weighted by Crippen LogP contribution is 2.30. The molecule has 1 aromatic carbocycles. The van der Waals surface area contributed by atoms with Gasteiger partial charge in [-0.1, -0.05) is 12.1 Å². The predicted octanol–water partition coefficient (Wildman–Crippen LogP) is 3.36. The highest BCUT2D eigenvalue weighted by molar-refractivity contribution is 5.87. The first-order chi connectivity index (χ1) is 8.88. The molecule has 1 fully saturated rings. The smallest absolute Gasteiger partial charge is 0.335 e. The second kappa shape index (κ2) is 5.33. The summed E-state index contributed by atoms with van der Waals surface area (Å²) in [5, 5.41) is 8.93. The molecule has 1 N–H and O–H groups in total. The van der Waals surface area contributed by atoms with Crippen LogP contribution in [0, 0.1) is 0 Å². The number of carboxylic acids is 1. The number of carbonyl (C=O) groups is 1. The third-order valence-corrected chi connectivity index (χ3v) is 4.00. The first kappa shape index (κ1) is 14.1. The van der Waals surface area contributed by atoms with Gasteiger partial charge in [0.25, 0.3) is 0 Å². The van der Waals surface area contributed by atoms with Gasteiger partial charge in [0.2, 0.25) is 0 Å². The lowest BCUT2D eigenvalue weighted by molar-refractivity contribution is 0.0697. The fourth-order valence-corrected chi connectivity index (χ4v) is 2.76. The van der Waals surface area contributed by atoms with E-state index in [0.29, 0.717) is 11.5 Å². The van der Waals surface area contributed by atoms with Crippen molar-refractivity contribution in [2.45, 2.75) is 45.1 Å². The van der Waals surface area contributed by atoms with Crippen molar-refractivity contribution in [2.75, 3.05) is 13.1 Å². The maximum atomic E-state index is 10.9. The molecular formula is C16H23NO2. The molecule has 0 aliphatic carbocycles. The van der Waals surface area contributed by atoms with Crippen LogP contribution in [0.5, 0.6) is 0 Å². The number of piperidine rings is 1. The van der Waals surface area contributed by atoms with Crippen molar-refractivity contribution < 1.29 is 9.90 Å². The molecule has 1 aliphatic rings. The van der Waals surface area contributed by atoms with Gasteiger partial charge in [-0.2, -0.15) is 0 Å². The van der Waals surface area contributed by atoms with Crippen LogP contribution in [-0.2, 0) is 0 Å². The van der Waals surface area contributed by atoms with Crippen molar-refractivity contribution >= 4 is 5.97 Å². The number of carboxylic acid groups (broad SMARTS) is 1. The molecule has 0 amide bonds. The minimum absolute atomic E-state index is 0.208. The fourth-order valence-electron chi connectivity index (χ4n) is 2.76. The highest BCUT2D eigenvalue weighted by atomic mass is 16.4. The van der Waals surface area contributed by atoms with E-state index in [1.54, 1.807) is 12.1 Å². The number of likely N-dealkylation sites (tertiary alicyclic amines) is 1. The maximum Gasteiger partial charge on any atom is 0.335 e. The lowest BCUT2D eigenvalue weighted by Gasteiger charge is -2.41. The fraction of sp³-hybridized carbons (Fsp3) is 0.562. The number of hydrogen-bond donors (Lipinski definition) is 1. The topological polar surface area (TPSA) is 40.5 Å². The van der Waals surface area contributed by atoms with Gasteiger partial charge >= 0.3 is 5.97 Å². The number of rotatable bonds is 2. The molecule has 0 spiro atoms. The van der Waals surface area contributed by atoms with Gasteiger partial charge in [-0.25, -0.2) is 4.79 Å². The van der Waals surface area contributed by atoms with E-state index >= 15 is 0 Å². The SMILES string of the molecule is CC(C)(C)N1CCCC(c2ccc(C(=O)O)cc2)C1. The summed E-state index contributed by atoms with van der Waals surface area (Å²) < 4.78 is 0. The summed E-state index contributed by atoms with van der Waals surface area (Å²) in [4.78, 5) is 13.4. The van der Waals surface area contributed by atoms with Crippen LogP contribution in [0.25, 0.3) is 0 Å². The zero-order valence-electron chi connectivity index (χ0n) is 12.0. The third kappa shape index (κ3) is 3.35. The van der Waals surface area contributed by atoms with Gasteiger partial charge in [0.05, 0.1) is 5.56 Å². The standard InChI is InChI=1S/C16H23NO2/c1-16(2,3)17-10-4-5-14(11-17)12-6-8-13(9-7-12)15(18)19/h6-9,14H,4-5,10-11H2,1-3H3,(H,18,19). The molecule has 0 saturated carbocycles. The van der Waals surface area contributed by atoms with E-state index < -0.39 is 5.97 Å². The molecule has 2 rings (SSSR count). The quantitative estimate of drug-likeness (QED) is 0.887. The molecule has 1 aromatic rings. The number of aromatic carboxylic acids is 1. The Balaban J connectivity index is 2.11. The van der Waals surface area contributed by atoms with Crippen LogP contribution in [0.1, 0.15) is 55.5 Å². The van der Waals surface area contributed by atoms with Gasteiger partial charge < -0.3 is 5.11 Å². The summed E-state index contributed by atoms with van der Waals surface area (Å²) in [7, 11) is 0. The Kier molecular flexibility index (Phi) is 3.95. The summed E-state index contributed by atoms with van der Waals surface area (Å²) in [5.41, 5.74) is 1.84. The lowest BCUT2D eigenvalue weighted by Crippen LogP contribution is -2.46. The maximum absolute atomic E-state index is 10.9. The molecule has 1 heterocycles. The summed E-state index contributed by atoms with van der Waals surface area (Å²) >= 11 is 0. The van der Waals surface area contributed by atoms with Gasteiger partial charge in [0.1, 0.15) is 0 Å². The van der Waals surface area contributed by atoms with Crippen LogP contribution in [-0.4, -0.2) is 34.6 Å². The van der Waals surface area contributed by atoms with Gasteiger partial charge in [-0.05, 0) is 63.8 Å². The molecule has 3 heteroatoms. The summed E-state index contributed by atoms with van der Waals surface area (Å²) in [5.74, 6) is -0.331. The Labute approximate surface area is 115 Å². The Bertz CT molecular complexity index is 445. The Morgan fingerprint density at radius 2 is 1.89 bits per heavy atom. The largest absolute Gasteiger partial charge is 0.478 e. The van der Waals surface area contributed by atoms with E-state index in [2.05, 4.69) is 25.7 Å². The van der Waals surface area contributed by atoms with Crippen LogP contribution < -0.4 is 0 Å². The van der Waals surface area contributed by atoms with E-state index in [4.69, 9.17) is 5.11 Å². The molecule has 0 radical (unpaired) electrons. The van der Waals surface area contributed by atoms with Gasteiger partial charge in [0.15, 0.2) is 0 Å². The van der Waals surface area contributed by atoms with Crippen LogP contribution in [0.15, 0.2) is 24.3 Å². The number of nitrogens with zero attached hydrogens (tertiary/aromatic N) is 1. The van der Waals surface area contributed by atoms with Gasteiger partial charge in [-0.15, -0.1) is 0 Å². The molecular weight excluding hydrogens is 238 g/mol. The lowest BCUT2D eigenvalue weighted by atomic mass is 9.88. The minimum Gasteiger partial charge on any atom is -0.478 e. The second-order valence-electron chi connectivity index (χ2n) is 6.38. The Morgan fingerprint density at radius 3 is 2.42 bits per heavy atom. The van der Waals surface area contributed by atoms with E-state index in [-0.39, 0.29) is 5.54 Å². The average molecular weight is 261 g/mol. The molecule has 0 bridgehead atoms. The molecule has 1 saturated heterocycles. The normalized spacial score (nSPS) is 21.3. The van der Waals surface area contributed by atoms with Crippen molar-refractivity contribution in [3.63, 3.8) is 0 Å². The first-order valence-corrected chi connectivity index (χ1v) is 6.96. The van der Waals surface area contributed by atoms with Gasteiger partial charge in [0, 0.05) is 12.1 Å². The zero-order valence-corrected chi connectivity index (χ0v) is 12.0. The number of hydrogen-bond acceptors (Lipinski definition) is 2. The minimum atomic E-state index is -0.855. The first-order valence-electron chi connectivity index (χ1n) is 6.96. The second-order valence-corrected chi connectivity index (χ2v) is 6.38. The highest BCUT2D eigenvalue weighted by Gasteiger charge is 2.28. The van der Waals surface area contributed by atoms with Crippen molar-refractivity contribution in [1.29, 1.82) is 0 Å². The van der Waals surface area contributed by atoms with Crippen LogP contribution in [0.3, 0.4) is 0 Å². The monoisotopic (exact) mass is 261 g/mol. The molecule has 3 nitrogen and oxygen atoms in total. The summed E-state index contributed by atoms with van der Waals surface area (Å²) in [6.07, 6.45) is 2.40. The van der Waals surface area contributed by atoms with Crippen molar-refractivity contribution in [2.24, 2.45) is 0 Å². The molecule has 19 heavy (non-hydrogen) atoms. The van der Waals surface area contributed by atoms with E-state index in [1.165, 1.54) is 18.4 Å². The van der Waals surface area contributed by atoms with E-state index in [0.717, 1.165) is 13.1 Å². The molecule has 0 aromatic heterocycles. The van der Waals surface area contributed by atoms with Crippen molar-refractivity contribution in [3.8, 4) is 0 Å². The summed E-state index contributed by atoms with van der Waals surface area (Å²) in [6.45, 7) is 8.98. The third-order valence-electron chi connectivity index (χ3n) is 4.00. The molecule has 1 aliphatic heterocycles. The van der Waals surface area contributed by atoms with Gasteiger partial charge in [-0.3, -0.25) is 4.90 Å². The van der Waals surface area contributed by atoms with Crippen LogP contribution in [0.2, 0.25) is 0 Å². The van der Waals surface area contributed by atoms with Crippen molar-refractivity contribution in [1.82, 2.24) is 4.90 Å². The van der Waals surface area contributed by atoms with Crippen molar-refractivity contribution in [3.05, 3.63) is 35.4 Å². The molecule has 104 valence electrons. The predicted molar refractivity (Wildman–Crippen MR) is 76.7 cm³/mol. The van der Waals surface area contributed by atoms with E-state index in [9.17, 15) is 4.79 Å².